The molecule has 0 amide bonds. The number of alkyl halides is 3. The number of aliphatic hydroxyl groups is 1. The Morgan fingerprint density at radius 2 is 1.76 bits per heavy atom. The van der Waals surface area contributed by atoms with E-state index in [1.165, 1.54) is 7.11 Å². The summed E-state index contributed by atoms with van der Waals surface area (Å²) in [5.41, 5.74) is -0.521. The maximum absolute atomic E-state index is 12.5. The molecule has 0 fully saturated rings. The van der Waals surface area contributed by atoms with Crippen LogP contribution < -0.4 is 4.74 Å². The standard InChI is InChI=1S/C14H11ClF3NO2/c1-21-9-4-2-8(3-5-9)12(20)10-6-7-11(14(16,17)18)19-13(10)15/h2-7,12,20H,1H3. The molecule has 2 aromatic rings. The molecule has 0 aliphatic carbocycles. The molecule has 0 radical (unpaired) electrons. The maximum Gasteiger partial charge on any atom is 0.433 e. The number of benzene rings is 1. The molecule has 0 aliphatic heterocycles. The van der Waals surface area contributed by atoms with Gasteiger partial charge in [0.05, 0.1) is 7.11 Å². The Hall–Kier alpha value is -1.79. The lowest BCUT2D eigenvalue weighted by Crippen LogP contribution is -2.10. The molecule has 7 heteroatoms. The van der Waals surface area contributed by atoms with E-state index in [2.05, 4.69) is 4.98 Å². The minimum atomic E-state index is -4.58. The van der Waals surface area contributed by atoms with Crippen molar-refractivity contribution in [2.75, 3.05) is 7.11 Å². The summed E-state index contributed by atoms with van der Waals surface area (Å²) >= 11 is 5.74. The zero-order chi connectivity index (χ0) is 15.6. The van der Waals surface area contributed by atoms with Crippen LogP contribution in [0.2, 0.25) is 5.15 Å². The van der Waals surface area contributed by atoms with Gasteiger partial charge in [-0.3, -0.25) is 0 Å². The van der Waals surface area contributed by atoms with Gasteiger partial charge >= 0.3 is 6.18 Å². The average molecular weight is 318 g/mol. The number of rotatable bonds is 3. The van der Waals surface area contributed by atoms with Gasteiger partial charge in [0.2, 0.25) is 0 Å². The second-order valence-corrected chi connectivity index (χ2v) is 4.61. The van der Waals surface area contributed by atoms with Crippen molar-refractivity contribution >= 4 is 11.6 Å². The summed E-state index contributed by atoms with van der Waals surface area (Å²) in [6.07, 6.45) is -5.74. The van der Waals surface area contributed by atoms with Gasteiger partial charge in [0.15, 0.2) is 0 Å². The highest BCUT2D eigenvalue weighted by atomic mass is 35.5. The molecule has 1 aromatic heterocycles. The Labute approximate surface area is 124 Å². The van der Waals surface area contributed by atoms with E-state index in [-0.39, 0.29) is 10.7 Å². The predicted octanol–water partition coefficient (Wildman–Crippen LogP) is 3.84. The van der Waals surface area contributed by atoms with Crippen LogP contribution in [0.4, 0.5) is 13.2 Å². The number of ether oxygens (including phenoxy) is 1. The quantitative estimate of drug-likeness (QED) is 0.875. The Bertz CT molecular complexity index is 629. The molecule has 2 rings (SSSR count). The Morgan fingerprint density at radius 3 is 2.24 bits per heavy atom. The highest BCUT2D eigenvalue weighted by Gasteiger charge is 2.33. The topological polar surface area (TPSA) is 42.4 Å². The summed E-state index contributed by atoms with van der Waals surface area (Å²) in [6.45, 7) is 0. The van der Waals surface area contributed by atoms with E-state index >= 15 is 0 Å². The SMILES string of the molecule is COc1ccc(C(O)c2ccc(C(F)(F)F)nc2Cl)cc1. The molecule has 0 saturated heterocycles. The van der Waals surface area contributed by atoms with Gasteiger partial charge in [-0.1, -0.05) is 29.8 Å². The van der Waals surface area contributed by atoms with E-state index in [1.807, 2.05) is 0 Å². The van der Waals surface area contributed by atoms with Crippen molar-refractivity contribution in [3.63, 3.8) is 0 Å². The van der Waals surface area contributed by atoms with E-state index in [0.717, 1.165) is 12.1 Å². The molecule has 1 aromatic carbocycles. The van der Waals surface area contributed by atoms with E-state index in [0.29, 0.717) is 11.3 Å². The number of hydrogen-bond acceptors (Lipinski definition) is 3. The Balaban J connectivity index is 2.32. The van der Waals surface area contributed by atoms with E-state index in [9.17, 15) is 18.3 Å². The number of aliphatic hydroxyl groups excluding tert-OH is 1. The van der Waals surface area contributed by atoms with Gasteiger partial charge in [0.25, 0.3) is 0 Å². The minimum Gasteiger partial charge on any atom is -0.497 e. The molecular weight excluding hydrogens is 307 g/mol. The molecule has 1 unspecified atom stereocenters. The molecule has 21 heavy (non-hydrogen) atoms. The van der Waals surface area contributed by atoms with Crippen molar-refractivity contribution < 1.29 is 23.0 Å². The van der Waals surface area contributed by atoms with Crippen molar-refractivity contribution in [2.24, 2.45) is 0 Å². The van der Waals surface area contributed by atoms with Crippen molar-refractivity contribution in [2.45, 2.75) is 12.3 Å². The molecule has 1 heterocycles. The molecule has 0 bridgehead atoms. The Morgan fingerprint density at radius 1 is 1.14 bits per heavy atom. The smallest absolute Gasteiger partial charge is 0.433 e. The molecule has 3 nitrogen and oxygen atoms in total. The third-order valence-electron chi connectivity index (χ3n) is 2.89. The lowest BCUT2D eigenvalue weighted by atomic mass is 10.0. The van der Waals surface area contributed by atoms with Crippen molar-refractivity contribution in [1.29, 1.82) is 0 Å². The van der Waals surface area contributed by atoms with Crippen molar-refractivity contribution in [3.8, 4) is 5.75 Å². The van der Waals surface area contributed by atoms with Gasteiger partial charge in [-0.15, -0.1) is 0 Å². The molecule has 112 valence electrons. The number of halogens is 4. The first-order chi connectivity index (χ1) is 9.82. The van der Waals surface area contributed by atoms with Gasteiger partial charge in [0.1, 0.15) is 22.7 Å². The van der Waals surface area contributed by atoms with Crippen LogP contribution in [-0.2, 0) is 6.18 Å². The highest BCUT2D eigenvalue weighted by Crippen LogP contribution is 2.33. The third-order valence-corrected chi connectivity index (χ3v) is 3.20. The predicted molar refractivity (Wildman–Crippen MR) is 71.3 cm³/mol. The molecule has 0 saturated carbocycles. The van der Waals surface area contributed by atoms with Crippen LogP contribution in [0.1, 0.15) is 22.9 Å². The van der Waals surface area contributed by atoms with Gasteiger partial charge in [-0.25, -0.2) is 4.98 Å². The number of hydrogen-bond donors (Lipinski definition) is 1. The molecule has 1 atom stereocenters. The zero-order valence-corrected chi connectivity index (χ0v) is 11.6. The maximum atomic E-state index is 12.5. The number of nitrogens with zero attached hydrogens (tertiary/aromatic N) is 1. The second-order valence-electron chi connectivity index (χ2n) is 4.25. The second kappa shape index (κ2) is 5.91. The normalized spacial score (nSPS) is 13.0. The van der Waals surface area contributed by atoms with Crippen LogP contribution in [-0.4, -0.2) is 17.2 Å². The molecule has 0 spiro atoms. The largest absolute Gasteiger partial charge is 0.497 e. The first kappa shape index (κ1) is 15.6. The summed E-state index contributed by atoms with van der Waals surface area (Å²) in [4.78, 5) is 3.28. The van der Waals surface area contributed by atoms with Gasteiger partial charge in [0, 0.05) is 5.56 Å². The fourth-order valence-electron chi connectivity index (χ4n) is 1.77. The van der Waals surface area contributed by atoms with E-state index < -0.39 is 18.0 Å². The minimum absolute atomic E-state index is 0.106. The van der Waals surface area contributed by atoms with Crippen LogP contribution in [0.15, 0.2) is 36.4 Å². The average Bonchev–Trinajstić information content (AvgIpc) is 2.45. The monoisotopic (exact) mass is 317 g/mol. The van der Waals surface area contributed by atoms with Crippen LogP contribution >= 0.6 is 11.6 Å². The zero-order valence-electron chi connectivity index (χ0n) is 10.9. The molecular formula is C14H11ClF3NO2. The Kier molecular flexibility index (Phi) is 4.39. The van der Waals surface area contributed by atoms with Crippen LogP contribution in [0.25, 0.3) is 0 Å². The summed E-state index contributed by atoms with van der Waals surface area (Å²) in [5, 5.41) is 9.80. The van der Waals surface area contributed by atoms with Crippen molar-refractivity contribution in [3.05, 3.63) is 58.4 Å². The van der Waals surface area contributed by atoms with Gasteiger partial charge < -0.3 is 9.84 Å². The van der Waals surface area contributed by atoms with Gasteiger partial charge in [-0.05, 0) is 23.8 Å². The summed E-state index contributed by atoms with van der Waals surface area (Å²) in [5.74, 6) is 0.600. The number of aromatic nitrogens is 1. The fourth-order valence-corrected chi connectivity index (χ4v) is 2.03. The van der Waals surface area contributed by atoms with Crippen molar-refractivity contribution in [1.82, 2.24) is 4.98 Å². The van der Waals surface area contributed by atoms with Crippen LogP contribution in [0, 0.1) is 0 Å². The lowest BCUT2D eigenvalue weighted by molar-refractivity contribution is -0.141. The molecule has 1 N–H and O–H groups in total. The first-order valence-electron chi connectivity index (χ1n) is 5.88. The van der Waals surface area contributed by atoms with Crippen LogP contribution in [0.3, 0.4) is 0 Å². The summed E-state index contributed by atoms with van der Waals surface area (Å²) in [6, 6.07) is 8.35. The first-order valence-corrected chi connectivity index (χ1v) is 6.26. The summed E-state index contributed by atoms with van der Waals surface area (Å²) < 4.78 is 42.5. The number of methoxy groups -OCH3 is 1. The molecule has 0 aliphatic rings. The summed E-state index contributed by atoms with van der Waals surface area (Å²) in [7, 11) is 1.50. The van der Waals surface area contributed by atoms with Gasteiger partial charge in [-0.2, -0.15) is 13.2 Å². The number of pyridine rings is 1. The van der Waals surface area contributed by atoms with E-state index in [1.54, 1.807) is 24.3 Å². The fraction of sp³-hybridized carbons (Fsp3) is 0.214. The highest BCUT2D eigenvalue weighted by molar-refractivity contribution is 6.30. The van der Waals surface area contributed by atoms with Crippen LogP contribution in [0.5, 0.6) is 5.75 Å². The lowest BCUT2D eigenvalue weighted by Gasteiger charge is -2.14. The third kappa shape index (κ3) is 3.46. The van der Waals surface area contributed by atoms with E-state index in [4.69, 9.17) is 16.3 Å².